The lowest BCUT2D eigenvalue weighted by atomic mass is 10.0. The molecule has 0 aliphatic carbocycles. The number of hydrogen-bond acceptors (Lipinski definition) is 2. The van der Waals surface area contributed by atoms with Gasteiger partial charge in [-0.15, -0.1) is 0 Å². The number of benzene rings is 2. The number of hydrogen-bond donors (Lipinski definition) is 1. The summed E-state index contributed by atoms with van der Waals surface area (Å²) in [5.41, 5.74) is 1.20. The summed E-state index contributed by atoms with van der Waals surface area (Å²) >= 11 is 0. The maximum absolute atomic E-state index is 12.7. The van der Waals surface area contributed by atoms with E-state index in [0.717, 1.165) is 18.6 Å². The molecule has 3 nitrogen and oxygen atoms in total. The molecule has 1 N–H and O–H groups in total. The monoisotopic (exact) mass is 334 g/mol. The van der Waals surface area contributed by atoms with E-state index in [2.05, 4.69) is 5.32 Å². The van der Waals surface area contributed by atoms with Gasteiger partial charge < -0.3 is 10.2 Å². The Kier molecular flexibility index (Phi) is 4.22. The van der Waals surface area contributed by atoms with E-state index in [-0.39, 0.29) is 5.91 Å². The standard InChI is InChI=1S/C18H17F3N2O/c1-2-11-23-16(12-7-9-13(10-8-12)18(19,20)21)22-15-6-4-3-5-14(15)17(23)24/h3-10,16,22H,2,11H2,1H3/t16-/m1/s1. The van der Waals surface area contributed by atoms with Crippen molar-refractivity contribution in [2.45, 2.75) is 25.7 Å². The minimum Gasteiger partial charge on any atom is -0.361 e. The molecule has 0 fully saturated rings. The summed E-state index contributed by atoms with van der Waals surface area (Å²) in [4.78, 5) is 14.4. The third kappa shape index (κ3) is 2.96. The highest BCUT2D eigenvalue weighted by atomic mass is 19.4. The molecule has 1 heterocycles. The summed E-state index contributed by atoms with van der Waals surface area (Å²) < 4.78 is 38.2. The summed E-state index contributed by atoms with van der Waals surface area (Å²) in [6.45, 7) is 2.48. The van der Waals surface area contributed by atoms with E-state index in [0.29, 0.717) is 23.4 Å². The molecule has 1 aliphatic heterocycles. The number of fused-ring (bicyclic) bond motifs is 1. The minimum absolute atomic E-state index is 0.115. The Morgan fingerprint density at radius 1 is 1.08 bits per heavy atom. The summed E-state index contributed by atoms with van der Waals surface area (Å²) in [6.07, 6.45) is -4.09. The van der Waals surface area contributed by atoms with Crippen molar-refractivity contribution in [1.82, 2.24) is 4.90 Å². The second-order valence-corrected chi connectivity index (χ2v) is 5.71. The predicted octanol–water partition coefficient (Wildman–Crippen LogP) is 4.68. The van der Waals surface area contributed by atoms with Crippen molar-refractivity contribution in [2.24, 2.45) is 0 Å². The van der Waals surface area contributed by atoms with Gasteiger partial charge in [0.05, 0.1) is 11.1 Å². The second kappa shape index (κ2) is 6.19. The van der Waals surface area contributed by atoms with Gasteiger partial charge >= 0.3 is 6.18 Å². The lowest BCUT2D eigenvalue weighted by molar-refractivity contribution is -0.137. The number of rotatable bonds is 3. The van der Waals surface area contributed by atoms with Crippen LogP contribution >= 0.6 is 0 Å². The molecule has 3 rings (SSSR count). The van der Waals surface area contributed by atoms with Gasteiger partial charge in [0, 0.05) is 12.2 Å². The molecule has 0 bridgehead atoms. The molecule has 0 spiro atoms. The van der Waals surface area contributed by atoms with Crippen LogP contribution in [-0.4, -0.2) is 17.4 Å². The number of nitrogens with zero attached hydrogens (tertiary/aromatic N) is 1. The fourth-order valence-corrected chi connectivity index (χ4v) is 2.88. The van der Waals surface area contributed by atoms with Crippen LogP contribution in [0.2, 0.25) is 0 Å². The van der Waals surface area contributed by atoms with E-state index in [4.69, 9.17) is 0 Å². The highest BCUT2D eigenvalue weighted by Gasteiger charge is 2.34. The van der Waals surface area contributed by atoms with Gasteiger partial charge in [-0.1, -0.05) is 31.2 Å². The van der Waals surface area contributed by atoms with Crippen LogP contribution in [0.3, 0.4) is 0 Å². The van der Waals surface area contributed by atoms with E-state index < -0.39 is 17.9 Å². The zero-order valence-electron chi connectivity index (χ0n) is 13.1. The predicted molar refractivity (Wildman–Crippen MR) is 85.6 cm³/mol. The molecule has 1 amide bonds. The van der Waals surface area contributed by atoms with Gasteiger partial charge in [0.25, 0.3) is 5.91 Å². The number of para-hydroxylation sites is 1. The number of amides is 1. The third-order valence-corrected chi connectivity index (χ3v) is 4.04. The molecule has 6 heteroatoms. The fraction of sp³-hybridized carbons (Fsp3) is 0.278. The molecule has 0 aromatic heterocycles. The Hall–Kier alpha value is -2.50. The van der Waals surface area contributed by atoms with E-state index in [1.165, 1.54) is 12.1 Å². The van der Waals surface area contributed by atoms with Gasteiger partial charge in [-0.25, -0.2) is 0 Å². The molecule has 0 saturated carbocycles. The fourth-order valence-electron chi connectivity index (χ4n) is 2.88. The molecular weight excluding hydrogens is 317 g/mol. The van der Waals surface area contributed by atoms with Gasteiger partial charge in [-0.3, -0.25) is 4.79 Å². The van der Waals surface area contributed by atoms with Crippen molar-refractivity contribution in [1.29, 1.82) is 0 Å². The highest BCUT2D eigenvalue weighted by molar-refractivity contribution is 6.01. The Bertz CT molecular complexity index is 741. The van der Waals surface area contributed by atoms with Gasteiger partial charge in [-0.2, -0.15) is 13.2 Å². The average Bonchev–Trinajstić information content (AvgIpc) is 2.57. The number of carbonyl (C=O) groups is 1. The molecule has 0 unspecified atom stereocenters. The Labute approximate surface area is 138 Å². The smallest absolute Gasteiger partial charge is 0.361 e. The third-order valence-electron chi connectivity index (χ3n) is 4.04. The van der Waals surface area contributed by atoms with Gasteiger partial charge in [0.15, 0.2) is 0 Å². The first kappa shape index (κ1) is 16.4. The second-order valence-electron chi connectivity index (χ2n) is 5.71. The molecule has 0 radical (unpaired) electrons. The Morgan fingerprint density at radius 2 is 1.75 bits per heavy atom. The van der Waals surface area contributed by atoms with Crippen LogP contribution < -0.4 is 5.32 Å². The van der Waals surface area contributed by atoms with Crippen molar-refractivity contribution in [2.75, 3.05) is 11.9 Å². The first-order valence-corrected chi connectivity index (χ1v) is 7.75. The molecule has 24 heavy (non-hydrogen) atoms. The molecule has 2 aromatic rings. The van der Waals surface area contributed by atoms with Crippen LogP contribution in [0.1, 0.15) is 41.0 Å². The lowest BCUT2D eigenvalue weighted by Crippen LogP contribution is -2.43. The van der Waals surface area contributed by atoms with E-state index in [9.17, 15) is 18.0 Å². The lowest BCUT2D eigenvalue weighted by Gasteiger charge is -2.38. The largest absolute Gasteiger partial charge is 0.416 e. The SMILES string of the molecule is CCCN1C(=O)c2ccccc2N[C@H]1c1ccc(C(F)(F)F)cc1. The van der Waals surface area contributed by atoms with Crippen molar-refractivity contribution in [3.8, 4) is 0 Å². The number of halogens is 3. The van der Waals surface area contributed by atoms with Crippen LogP contribution in [-0.2, 0) is 6.18 Å². The molecule has 1 atom stereocenters. The topological polar surface area (TPSA) is 32.3 Å². The summed E-state index contributed by atoms with van der Waals surface area (Å²) in [6, 6.07) is 12.1. The van der Waals surface area contributed by atoms with Crippen molar-refractivity contribution >= 4 is 11.6 Å². The highest BCUT2D eigenvalue weighted by Crippen LogP contribution is 2.35. The summed E-state index contributed by atoms with van der Waals surface area (Å²) in [5, 5.41) is 3.26. The molecule has 2 aromatic carbocycles. The number of anilines is 1. The molecular formula is C18H17F3N2O. The molecule has 1 aliphatic rings. The zero-order chi connectivity index (χ0) is 17.3. The van der Waals surface area contributed by atoms with Crippen LogP contribution in [0.4, 0.5) is 18.9 Å². The van der Waals surface area contributed by atoms with Gasteiger partial charge in [0.2, 0.25) is 0 Å². The van der Waals surface area contributed by atoms with Crippen LogP contribution in [0.5, 0.6) is 0 Å². The van der Waals surface area contributed by atoms with Crippen LogP contribution in [0, 0.1) is 0 Å². The summed E-state index contributed by atoms with van der Waals surface area (Å²) in [7, 11) is 0. The van der Waals surface area contributed by atoms with E-state index in [1.807, 2.05) is 13.0 Å². The first-order chi connectivity index (χ1) is 11.4. The zero-order valence-corrected chi connectivity index (χ0v) is 13.1. The Balaban J connectivity index is 1.98. The van der Waals surface area contributed by atoms with Gasteiger partial charge in [-0.05, 0) is 36.2 Å². The van der Waals surface area contributed by atoms with Gasteiger partial charge in [0.1, 0.15) is 6.17 Å². The van der Waals surface area contributed by atoms with Crippen LogP contribution in [0.25, 0.3) is 0 Å². The van der Waals surface area contributed by atoms with Crippen molar-refractivity contribution in [3.63, 3.8) is 0 Å². The van der Waals surface area contributed by atoms with Crippen molar-refractivity contribution in [3.05, 3.63) is 65.2 Å². The van der Waals surface area contributed by atoms with Crippen LogP contribution in [0.15, 0.2) is 48.5 Å². The molecule has 126 valence electrons. The minimum atomic E-state index is -4.37. The van der Waals surface area contributed by atoms with E-state index >= 15 is 0 Å². The quantitative estimate of drug-likeness (QED) is 0.884. The first-order valence-electron chi connectivity index (χ1n) is 7.75. The number of carbonyl (C=O) groups excluding carboxylic acids is 1. The normalized spacial score (nSPS) is 17.4. The van der Waals surface area contributed by atoms with Crippen molar-refractivity contribution < 1.29 is 18.0 Å². The maximum atomic E-state index is 12.7. The summed E-state index contributed by atoms with van der Waals surface area (Å²) in [5.74, 6) is -0.115. The maximum Gasteiger partial charge on any atom is 0.416 e. The average molecular weight is 334 g/mol. The van der Waals surface area contributed by atoms with E-state index in [1.54, 1.807) is 23.1 Å². The number of alkyl halides is 3. The Morgan fingerprint density at radius 3 is 2.38 bits per heavy atom. The molecule has 0 saturated heterocycles. The number of nitrogens with one attached hydrogen (secondary N) is 1.